The van der Waals surface area contributed by atoms with Crippen molar-refractivity contribution in [3.05, 3.63) is 496 Å². The number of pyridine rings is 6. The predicted octanol–water partition coefficient (Wildman–Crippen LogP) is 31.2. The SMILES string of the molecule is Cc1ccc2c(n1)oc1c(-c3cc(-c4ccc5c(c4)C4c6ccccc6C5c5cc6ccccc6cc54)c(C)c[n+]3C)c(C)c(C)cc12.Cc1ccc2c(n1)oc1c(-c3cc(-c4ccc5c(c4)C4c6ccccc6C5c5cc6ccccc6cc54)c(C)c[n+]3C)c(C)cc(C)c12.Cc1ccc2c(n1)oc1c(-c3cc(-c4ccc5c(c4)C4c6ccccc6C5c5cc6ccccc6cc54)c(C)c[n+]3C)c(C)ccc12. The lowest BCUT2D eigenvalue weighted by Gasteiger charge is -2.42. The third-order valence-corrected chi connectivity index (χ3v) is 33.1. The summed E-state index contributed by atoms with van der Waals surface area (Å²) >= 11 is 0. The Labute approximate surface area is 830 Å². The number of aryl methyl sites for hydroxylation is 13. The summed E-state index contributed by atoms with van der Waals surface area (Å²) in [6.45, 7) is 23.7. The Morgan fingerprint density at radius 2 is 0.497 bits per heavy atom. The van der Waals surface area contributed by atoms with E-state index >= 15 is 0 Å². The van der Waals surface area contributed by atoms with Gasteiger partial charge in [-0.15, -0.1) is 0 Å². The van der Waals surface area contributed by atoms with Crippen molar-refractivity contribution in [3.8, 4) is 67.2 Å². The highest BCUT2D eigenvalue weighted by Crippen LogP contribution is 2.62. The van der Waals surface area contributed by atoms with E-state index in [0.717, 1.165) is 99.9 Å². The lowest BCUT2D eigenvalue weighted by Crippen LogP contribution is -2.31. The highest BCUT2D eigenvalue weighted by Gasteiger charge is 2.46. The number of rotatable bonds is 6. The van der Waals surface area contributed by atoms with E-state index in [9.17, 15) is 0 Å². The van der Waals surface area contributed by atoms with E-state index in [-0.39, 0.29) is 35.5 Å². The second-order valence-electron chi connectivity index (χ2n) is 41.6. The number of furan rings is 3. The number of fused-ring (bicyclic) bond motifs is 12. The second-order valence-corrected chi connectivity index (χ2v) is 41.6. The smallest absolute Gasteiger partial charge is 0.227 e. The molecule has 6 bridgehead atoms. The summed E-state index contributed by atoms with van der Waals surface area (Å²) in [6, 6.07) is 119. The zero-order valence-corrected chi connectivity index (χ0v) is 82.6. The molecule has 0 spiro atoms. The van der Waals surface area contributed by atoms with Gasteiger partial charge in [-0.25, -0.2) is 28.7 Å². The molecule has 0 N–H and O–H groups in total. The van der Waals surface area contributed by atoms with E-state index in [1.807, 2.05) is 20.8 Å². The molecule has 9 heteroatoms. The van der Waals surface area contributed by atoms with Crippen LogP contribution in [0.15, 0.2) is 347 Å². The minimum absolute atomic E-state index is 0.213. The van der Waals surface area contributed by atoms with Crippen LogP contribution < -0.4 is 13.7 Å². The molecular weight excluding hydrogens is 1740 g/mol. The number of hydrogen-bond acceptors (Lipinski definition) is 6. The molecule has 0 radical (unpaired) electrons. The topological polar surface area (TPSA) is 89.7 Å². The van der Waals surface area contributed by atoms with Crippen molar-refractivity contribution >= 4 is 98.5 Å². The highest BCUT2D eigenvalue weighted by molar-refractivity contribution is 6.13. The van der Waals surface area contributed by atoms with E-state index in [1.54, 1.807) is 0 Å². The standard InChI is InChI=1S/2C45H35N2O.C44H33N2O/c1-24-18-39-34-16-14-26(3)46-45(34)48-44(39)41(27(24)4)40-22-35(25(2)23-47(40)5)30-15-17-33-36(21-30)43-32-13-9-8-12-31(32)42(33)37-19-28-10-6-7-11-29(28)20-38(37)43;1-24-18-25(2)41(44-40(24)34-16-14-27(4)46-45(34)48-44)39-22-35(26(3)23-47(39)5)30-15-17-33-36(21-30)43-32-13-9-8-12-31(32)42(33)37-19-28-10-6-7-11-29(28)20-38(37)43;1-24-13-16-33-34-17-14-26(3)45-44(34)47-43(33)40(24)39-22-35(25(2)23-46(39)4)29-15-18-32-36(21-29)42-31-12-8-7-11-30(31)41(32)37-19-27-9-5-6-10-28(27)20-38(37)42/h2*6-23,42-43H,1-5H3;5-23,41-42H,1-4H3/q3*+1. The van der Waals surface area contributed by atoms with Gasteiger partial charge in [0, 0.05) is 120 Å². The van der Waals surface area contributed by atoms with Crippen molar-refractivity contribution < 1.29 is 27.0 Å². The van der Waals surface area contributed by atoms with Gasteiger partial charge in [-0.05, 0) is 367 Å². The first-order valence-corrected chi connectivity index (χ1v) is 50.3. The Morgan fingerprint density at radius 1 is 0.210 bits per heavy atom. The van der Waals surface area contributed by atoms with Gasteiger partial charge in [0.15, 0.2) is 35.3 Å². The lowest BCUT2D eigenvalue weighted by molar-refractivity contribution is -0.660. The van der Waals surface area contributed by atoms with Crippen molar-refractivity contribution in [3.63, 3.8) is 0 Å². The number of aromatic nitrogens is 6. The van der Waals surface area contributed by atoms with Crippen LogP contribution in [0.4, 0.5) is 0 Å². The predicted molar refractivity (Wildman–Crippen MR) is 580 cm³/mol. The Hall–Kier alpha value is -16.6. The van der Waals surface area contributed by atoms with Gasteiger partial charge < -0.3 is 13.3 Å². The summed E-state index contributed by atoms with van der Waals surface area (Å²) in [4.78, 5) is 14.2. The molecule has 684 valence electrons. The summed E-state index contributed by atoms with van der Waals surface area (Å²) in [7, 11) is 6.43. The van der Waals surface area contributed by atoms with Gasteiger partial charge in [-0.3, -0.25) is 0 Å². The molecule has 9 aliphatic carbocycles. The minimum Gasteiger partial charge on any atom is -0.437 e. The Morgan fingerprint density at radius 3 is 0.867 bits per heavy atom. The molecule has 6 unspecified atom stereocenters. The molecule has 0 amide bonds. The fourth-order valence-corrected chi connectivity index (χ4v) is 26.5. The van der Waals surface area contributed by atoms with E-state index in [2.05, 4.69) is 424 Å². The maximum absolute atomic E-state index is 6.59. The monoisotopic (exact) mass is 1840 g/mol. The van der Waals surface area contributed by atoms with Crippen LogP contribution in [-0.2, 0) is 21.1 Å². The molecule has 0 aliphatic heterocycles. The maximum Gasteiger partial charge on any atom is 0.227 e. The normalized spacial score (nSPS) is 16.0. The summed E-state index contributed by atoms with van der Waals surface area (Å²) in [5.41, 5.74) is 57.8. The average molecular weight is 1850 g/mol. The number of benzene rings is 15. The van der Waals surface area contributed by atoms with Crippen molar-refractivity contribution in [2.75, 3.05) is 0 Å². The first kappa shape index (κ1) is 84.4. The molecule has 9 aromatic heterocycles. The molecule has 0 saturated carbocycles. The first-order chi connectivity index (χ1) is 69.6. The molecule has 143 heavy (non-hydrogen) atoms. The van der Waals surface area contributed by atoms with Crippen molar-refractivity contribution in [1.82, 2.24) is 15.0 Å². The van der Waals surface area contributed by atoms with Gasteiger partial charge in [-0.1, -0.05) is 200 Å². The zero-order valence-electron chi connectivity index (χ0n) is 82.6. The molecule has 0 saturated heterocycles. The van der Waals surface area contributed by atoms with E-state index < -0.39 is 0 Å². The molecule has 0 fully saturated rings. The zero-order chi connectivity index (χ0) is 96.4. The van der Waals surface area contributed by atoms with Gasteiger partial charge >= 0.3 is 0 Å². The lowest BCUT2D eigenvalue weighted by atomic mass is 9.60. The van der Waals surface area contributed by atoms with Crippen LogP contribution in [0, 0.1) is 76.2 Å². The molecule has 9 nitrogen and oxygen atoms in total. The van der Waals surface area contributed by atoms with Crippen LogP contribution in [0.2, 0.25) is 0 Å². The Bertz CT molecular complexity index is 9800. The van der Waals surface area contributed by atoms with Gasteiger partial charge in [-0.2, -0.15) is 0 Å². The van der Waals surface area contributed by atoms with E-state index in [4.69, 9.17) is 28.2 Å². The van der Waals surface area contributed by atoms with Crippen LogP contribution in [0.3, 0.4) is 0 Å². The van der Waals surface area contributed by atoms with Crippen molar-refractivity contribution in [1.29, 1.82) is 0 Å². The maximum atomic E-state index is 6.59. The first-order valence-electron chi connectivity index (χ1n) is 50.3. The number of hydrogen-bond donors (Lipinski definition) is 0. The third-order valence-electron chi connectivity index (χ3n) is 33.1. The summed E-state index contributed by atoms with van der Waals surface area (Å²) < 4.78 is 26.4. The summed E-state index contributed by atoms with van der Waals surface area (Å²) in [6.07, 6.45) is 6.80. The molecule has 33 rings (SSSR count). The average Bonchev–Trinajstić information content (AvgIpc) is 1.62. The van der Waals surface area contributed by atoms with Gasteiger partial charge in [0.05, 0.1) is 16.7 Å². The van der Waals surface area contributed by atoms with Crippen LogP contribution in [0.25, 0.3) is 166 Å². The third kappa shape index (κ3) is 12.7. The second kappa shape index (κ2) is 31.4. The Kier molecular flexibility index (Phi) is 18.6. The molecule has 15 aromatic carbocycles. The summed E-state index contributed by atoms with van der Waals surface area (Å²) in [5, 5.41) is 14.4. The van der Waals surface area contributed by atoms with E-state index in [0.29, 0.717) is 17.1 Å². The van der Waals surface area contributed by atoms with Crippen LogP contribution in [0.1, 0.15) is 197 Å². The van der Waals surface area contributed by atoms with Crippen LogP contribution in [0.5, 0.6) is 0 Å². The van der Waals surface area contributed by atoms with Crippen LogP contribution >= 0.6 is 0 Å². The van der Waals surface area contributed by atoms with Gasteiger partial charge in [0.2, 0.25) is 34.2 Å². The molecule has 9 aliphatic rings. The molecular formula is C134H103N6O3+3. The minimum atomic E-state index is 0.213. The summed E-state index contributed by atoms with van der Waals surface area (Å²) in [5.74, 6) is 1.38. The fourth-order valence-electron chi connectivity index (χ4n) is 26.5. The van der Waals surface area contributed by atoms with E-state index in [1.165, 1.54) is 210 Å². The molecule has 9 heterocycles. The molecule has 6 atom stereocenters. The number of nitrogens with zero attached hydrogens (tertiary/aromatic N) is 6. The largest absolute Gasteiger partial charge is 0.437 e. The quantitative estimate of drug-likeness (QED) is 0.154. The molecule has 24 aromatic rings. The van der Waals surface area contributed by atoms with Gasteiger partial charge in [0.1, 0.15) is 21.1 Å². The van der Waals surface area contributed by atoms with Crippen molar-refractivity contribution in [2.24, 2.45) is 21.1 Å². The Balaban J connectivity index is 0.000000105. The fraction of sp³-hybridized carbons (Fsp3) is 0.149. The highest BCUT2D eigenvalue weighted by atomic mass is 16.3. The van der Waals surface area contributed by atoms with Gasteiger partial charge in [0.25, 0.3) is 0 Å². The van der Waals surface area contributed by atoms with Crippen LogP contribution in [-0.4, -0.2) is 15.0 Å². The van der Waals surface area contributed by atoms with Crippen molar-refractivity contribution in [2.45, 2.75) is 112 Å².